The van der Waals surface area contributed by atoms with Crippen LogP contribution in [0.25, 0.3) is 0 Å². The Morgan fingerprint density at radius 2 is 2.00 bits per heavy atom. The molecule has 1 aliphatic carbocycles. The topological polar surface area (TPSA) is 66.6 Å². The summed E-state index contributed by atoms with van der Waals surface area (Å²) in [5, 5.41) is 0. The Morgan fingerprint density at radius 3 is 2.67 bits per heavy atom. The lowest BCUT2D eigenvalue weighted by atomic mass is 10.1. The van der Waals surface area contributed by atoms with Crippen LogP contribution in [-0.4, -0.2) is 47.3 Å². The molecular weight excluding hydrogens is 266 g/mol. The third-order valence-corrected chi connectivity index (χ3v) is 4.26. The van der Waals surface area contributed by atoms with E-state index < -0.39 is 0 Å². The van der Waals surface area contributed by atoms with Crippen LogP contribution in [0.1, 0.15) is 24.8 Å². The maximum atomic E-state index is 12.2. The first-order chi connectivity index (χ1) is 10.1. The van der Waals surface area contributed by atoms with Crippen molar-refractivity contribution < 1.29 is 9.59 Å². The lowest BCUT2D eigenvalue weighted by molar-refractivity contribution is -0.145. The van der Waals surface area contributed by atoms with Gasteiger partial charge in [-0.1, -0.05) is 18.2 Å². The van der Waals surface area contributed by atoms with Gasteiger partial charge in [0.25, 0.3) is 0 Å². The van der Waals surface area contributed by atoms with Gasteiger partial charge in [0, 0.05) is 31.2 Å². The third-order valence-electron chi connectivity index (χ3n) is 4.26. The number of amides is 2. The predicted octanol–water partition coefficient (Wildman–Crippen LogP) is 1.03. The molecule has 1 aromatic carbocycles. The van der Waals surface area contributed by atoms with Gasteiger partial charge in [-0.2, -0.15) is 0 Å². The van der Waals surface area contributed by atoms with E-state index >= 15 is 0 Å². The fraction of sp³-hybridized carbons (Fsp3) is 0.500. The number of piperazine rings is 1. The van der Waals surface area contributed by atoms with Crippen molar-refractivity contribution >= 4 is 17.5 Å². The van der Waals surface area contributed by atoms with Crippen molar-refractivity contribution in [2.24, 2.45) is 0 Å². The van der Waals surface area contributed by atoms with E-state index in [-0.39, 0.29) is 18.4 Å². The van der Waals surface area contributed by atoms with Crippen molar-refractivity contribution in [2.45, 2.75) is 31.7 Å². The zero-order valence-electron chi connectivity index (χ0n) is 12.1. The molecular formula is C16H21N3O2. The number of nitrogen functional groups attached to an aromatic ring is 1. The van der Waals surface area contributed by atoms with E-state index in [1.807, 2.05) is 29.2 Å². The number of rotatable bonds is 4. The van der Waals surface area contributed by atoms with Gasteiger partial charge in [0.1, 0.15) is 0 Å². The van der Waals surface area contributed by atoms with E-state index in [1.54, 1.807) is 4.90 Å². The molecule has 0 aromatic heterocycles. The molecule has 1 aromatic rings. The Balaban J connectivity index is 1.52. The minimum atomic E-state index is 0.0436. The van der Waals surface area contributed by atoms with Gasteiger partial charge in [-0.15, -0.1) is 0 Å². The Bertz CT molecular complexity index is 554. The van der Waals surface area contributed by atoms with Crippen molar-refractivity contribution in [3.63, 3.8) is 0 Å². The van der Waals surface area contributed by atoms with Crippen LogP contribution in [-0.2, 0) is 16.0 Å². The summed E-state index contributed by atoms with van der Waals surface area (Å²) >= 11 is 0. The average Bonchev–Trinajstić information content (AvgIpc) is 3.30. The van der Waals surface area contributed by atoms with Crippen LogP contribution in [0.5, 0.6) is 0 Å². The van der Waals surface area contributed by atoms with Crippen LogP contribution in [0.15, 0.2) is 24.3 Å². The predicted molar refractivity (Wildman–Crippen MR) is 80.5 cm³/mol. The second-order valence-electron chi connectivity index (χ2n) is 5.83. The highest BCUT2D eigenvalue weighted by Gasteiger charge is 2.36. The fourth-order valence-electron chi connectivity index (χ4n) is 2.83. The quantitative estimate of drug-likeness (QED) is 0.841. The van der Waals surface area contributed by atoms with Crippen molar-refractivity contribution in [2.75, 3.05) is 25.4 Å². The molecule has 2 N–H and O–H groups in total. The number of carbonyl (C=O) groups is 2. The summed E-state index contributed by atoms with van der Waals surface area (Å²) in [4.78, 5) is 27.9. The number of hydrogen-bond acceptors (Lipinski definition) is 3. The maximum absolute atomic E-state index is 12.2. The molecule has 0 radical (unpaired) electrons. The van der Waals surface area contributed by atoms with Crippen LogP contribution >= 0.6 is 0 Å². The van der Waals surface area contributed by atoms with Gasteiger partial charge in [0.2, 0.25) is 11.8 Å². The molecule has 0 unspecified atom stereocenters. The molecule has 0 bridgehead atoms. The Hall–Kier alpha value is -2.04. The van der Waals surface area contributed by atoms with E-state index in [9.17, 15) is 9.59 Å². The maximum Gasteiger partial charge on any atom is 0.242 e. The van der Waals surface area contributed by atoms with Gasteiger partial charge in [-0.25, -0.2) is 0 Å². The zero-order chi connectivity index (χ0) is 14.8. The van der Waals surface area contributed by atoms with Gasteiger partial charge < -0.3 is 15.5 Å². The fourth-order valence-corrected chi connectivity index (χ4v) is 2.83. The summed E-state index contributed by atoms with van der Waals surface area (Å²) in [5.41, 5.74) is 7.60. The standard InChI is InChI=1S/C16H21N3O2/c17-14-4-2-1-3-12(14)5-8-15(20)18-9-10-19(13-6-7-13)16(21)11-18/h1-4,13H,5-11,17H2. The van der Waals surface area contributed by atoms with E-state index in [2.05, 4.69) is 0 Å². The summed E-state index contributed by atoms with van der Waals surface area (Å²) in [7, 11) is 0. The molecule has 0 atom stereocenters. The number of aryl methyl sites for hydroxylation is 1. The molecule has 5 nitrogen and oxygen atoms in total. The second kappa shape index (κ2) is 5.76. The van der Waals surface area contributed by atoms with Crippen molar-refractivity contribution in [1.82, 2.24) is 9.80 Å². The summed E-state index contributed by atoms with van der Waals surface area (Å²) < 4.78 is 0. The lowest BCUT2D eigenvalue weighted by Crippen LogP contribution is -2.52. The van der Waals surface area contributed by atoms with E-state index in [0.717, 1.165) is 24.1 Å². The zero-order valence-corrected chi connectivity index (χ0v) is 12.1. The summed E-state index contributed by atoms with van der Waals surface area (Å²) in [6.45, 7) is 1.58. The highest BCUT2D eigenvalue weighted by molar-refractivity contribution is 5.86. The minimum absolute atomic E-state index is 0.0436. The van der Waals surface area contributed by atoms with Gasteiger partial charge in [0.05, 0.1) is 6.54 Å². The normalized spacial score (nSPS) is 19.0. The number of benzene rings is 1. The number of para-hydroxylation sites is 1. The molecule has 2 amide bonds. The minimum Gasteiger partial charge on any atom is -0.399 e. The van der Waals surface area contributed by atoms with Crippen LogP contribution in [0.2, 0.25) is 0 Å². The highest BCUT2D eigenvalue weighted by Crippen LogP contribution is 2.28. The number of carbonyl (C=O) groups excluding carboxylic acids is 2. The van der Waals surface area contributed by atoms with Crippen LogP contribution in [0, 0.1) is 0 Å². The molecule has 112 valence electrons. The molecule has 1 heterocycles. The first kappa shape index (κ1) is 13.9. The van der Waals surface area contributed by atoms with Crippen LogP contribution < -0.4 is 5.73 Å². The summed E-state index contributed by atoms with van der Waals surface area (Å²) in [6, 6.07) is 8.04. The lowest BCUT2D eigenvalue weighted by Gasteiger charge is -2.34. The average molecular weight is 287 g/mol. The molecule has 21 heavy (non-hydrogen) atoms. The molecule has 0 spiro atoms. The van der Waals surface area contributed by atoms with Gasteiger partial charge in [-0.05, 0) is 30.9 Å². The third kappa shape index (κ3) is 3.17. The van der Waals surface area contributed by atoms with Gasteiger partial charge >= 0.3 is 0 Å². The van der Waals surface area contributed by atoms with Crippen molar-refractivity contribution in [1.29, 1.82) is 0 Å². The summed E-state index contributed by atoms with van der Waals surface area (Å²) in [6.07, 6.45) is 3.27. The molecule has 3 rings (SSSR count). The Kier molecular flexibility index (Phi) is 3.82. The number of anilines is 1. The van der Waals surface area contributed by atoms with Crippen LogP contribution in [0.3, 0.4) is 0 Å². The SMILES string of the molecule is Nc1ccccc1CCC(=O)N1CCN(C2CC2)C(=O)C1. The molecule has 1 aliphatic heterocycles. The molecule has 2 fully saturated rings. The Labute approximate surface area is 124 Å². The molecule has 2 aliphatic rings. The van der Waals surface area contributed by atoms with Crippen molar-refractivity contribution in [3.8, 4) is 0 Å². The summed E-state index contributed by atoms with van der Waals surface area (Å²) in [5.74, 6) is 0.137. The van der Waals surface area contributed by atoms with Gasteiger partial charge in [0.15, 0.2) is 0 Å². The molecule has 5 heteroatoms. The van der Waals surface area contributed by atoms with E-state index in [4.69, 9.17) is 5.73 Å². The van der Waals surface area contributed by atoms with Crippen molar-refractivity contribution in [3.05, 3.63) is 29.8 Å². The number of hydrogen-bond donors (Lipinski definition) is 1. The molecule has 1 saturated heterocycles. The highest BCUT2D eigenvalue weighted by atomic mass is 16.2. The first-order valence-corrected chi connectivity index (χ1v) is 7.56. The number of nitrogens with zero attached hydrogens (tertiary/aromatic N) is 2. The van der Waals surface area contributed by atoms with E-state index in [0.29, 0.717) is 32.0 Å². The second-order valence-corrected chi connectivity index (χ2v) is 5.83. The first-order valence-electron chi connectivity index (χ1n) is 7.56. The Morgan fingerprint density at radius 1 is 1.24 bits per heavy atom. The largest absolute Gasteiger partial charge is 0.399 e. The van der Waals surface area contributed by atoms with Gasteiger partial charge in [-0.3, -0.25) is 9.59 Å². The number of nitrogens with two attached hydrogens (primary N) is 1. The van der Waals surface area contributed by atoms with Crippen LogP contribution in [0.4, 0.5) is 5.69 Å². The smallest absolute Gasteiger partial charge is 0.242 e. The monoisotopic (exact) mass is 287 g/mol. The molecule has 1 saturated carbocycles. The van der Waals surface area contributed by atoms with E-state index in [1.165, 1.54) is 0 Å².